The van der Waals surface area contributed by atoms with Crippen LogP contribution in [0.5, 0.6) is 0 Å². The van der Waals surface area contributed by atoms with E-state index >= 15 is 0 Å². The van der Waals surface area contributed by atoms with Crippen molar-refractivity contribution in [3.63, 3.8) is 0 Å². The van der Waals surface area contributed by atoms with Gasteiger partial charge in [0.05, 0.1) is 24.2 Å². The Bertz CT molecular complexity index is 669. The number of benzene rings is 1. The molecule has 1 heterocycles. The third-order valence-electron chi connectivity index (χ3n) is 3.84. The van der Waals surface area contributed by atoms with E-state index in [9.17, 15) is 9.90 Å². The average Bonchev–Trinajstić information content (AvgIpc) is 2.83. The first-order valence-electron chi connectivity index (χ1n) is 7.68. The van der Waals surface area contributed by atoms with Crippen LogP contribution in [-0.2, 0) is 18.3 Å². The summed E-state index contributed by atoms with van der Waals surface area (Å²) in [5, 5.41) is 28.8. The molecule has 0 spiro atoms. The second-order valence-electron chi connectivity index (χ2n) is 5.42. The number of nitrogens with zero attached hydrogens (tertiary/aromatic N) is 3. The van der Waals surface area contributed by atoms with Gasteiger partial charge in [-0.15, -0.1) is 0 Å². The smallest absolute Gasteiger partial charge is 0.550 e. The first-order chi connectivity index (χ1) is 11.1. The summed E-state index contributed by atoms with van der Waals surface area (Å²) in [6.07, 6.45) is 1.09. The van der Waals surface area contributed by atoms with Crippen LogP contribution in [0.25, 0.3) is 11.0 Å². The van der Waals surface area contributed by atoms with Crippen LogP contribution < -0.4 is 39.6 Å². The number of fused-ring (bicyclic) bond motifs is 1. The molecule has 1 aromatic carbocycles. The topological polar surface area (TPSA) is 102 Å². The second-order valence-corrected chi connectivity index (χ2v) is 5.42. The van der Waals surface area contributed by atoms with Crippen LogP contribution in [-0.4, -0.2) is 52.0 Å². The van der Waals surface area contributed by atoms with Crippen LogP contribution in [0.1, 0.15) is 18.7 Å². The summed E-state index contributed by atoms with van der Waals surface area (Å²) in [5.41, 5.74) is 2.67. The number of rotatable bonds is 9. The first-order valence-corrected chi connectivity index (χ1v) is 7.68. The van der Waals surface area contributed by atoms with Crippen molar-refractivity contribution in [3.05, 3.63) is 24.0 Å². The molecule has 0 amide bonds. The van der Waals surface area contributed by atoms with Crippen LogP contribution in [0.3, 0.4) is 0 Å². The maximum atomic E-state index is 10.5. The molecule has 7 nitrogen and oxygen atoms in total. The van der Waals surface area contributed by atoms with E-state index < -0.39 is 5.97 Å². The molecule has 2 N–H and O–H groups in total. The molecule has 8 heteroatoms. The molecule has 0 bridgehead atoms. The van der Waals surface area contributed by atoms with Gasteiger partial charge in [-0.25, -0.2) is 4.98 Å². The van der Waals surface area contributed by atoms with E-state index in [0.717, 1.165) is 22.5 Å². The zero-order valence-electron chi connectivity index (χ0n) is 14.2. The van der Waals surface area contributed by atoms with Crippen molar-refractivity contribution >= 4 is 22.7 Å². The molecule has 0 aliphatic rings. The predicted octanol–water partition coefficient (Wildman–Crippen LogP) is -3.56. The Balaban J connectivity index is 0.00000288. The minimum atomic E-state index is -1.05. The van der Waals surface area contributed by atoms with Crippen molar-refractivity contribution in [2.45, 2.75) is 19.3 Å². The quantitative estimate of drug-likeness (QED) is 0.457. The van der Waals surface area contributed by atoms with Crippen LogP contribution in [0, 0.1) is 0 Å². The van der Waals surface area contributed by atoms with Gasteiger partial charge >= 0.3 is 29.6 Å². The number of aliphatic hydroxyl groups excluding tert-OH is 2. The molecule has 0 saturated heterocycles. The summed E-state index contributed by atoms with van der Waals surface area (Å²) in [5.74, 6) is -0.219. The van der Waals surface area contributed by atoms with E-state index in [4.69, 9.17) is 10.2 Å². The number of carbonyl (C=O) groups is 1. The molecule has 2 aromatic rings. The van der Waals surface area contributed by atoms with Gasteiger partial charge in [0.15, 0.2) is 0 Å². The van der Waals surface area contributed by atoms with Gasteiger partial charge in [0.2, 0.25) is 0 Å². The van der Waals surface area contributed by atoms with Gasteiger partial charge < -0.3 is 29.6 Å². The Labute approximate surface area is 163 Å². The van der Waals surface area contributed by atoms with Gasteiger partial charge in [-0.1, -0.05) is 0 Å². The third kappa shape index (κ3) is 5.19. The first kappa shape index (κ1) is 20.9. The summed E-state index contributed by atoms with van der Waals surface area (Å²) in [6, 6.07) is 5.80. The van der Waals surface area contributed by atoms with Crippen molar-refractivity contribution < 1.29 is 49.7 Å². The third-order valence-corrected chi connectivity index (χ3v) is 3.84. The molecule has 126 valence electrons. The molecule has 0 atom stereocenters. The van der Waals surface area contributed by atoms with Gasteiger partial charge in [0.25, 0.3) is 0 Å². The number of hydrogen-bond donors (Lipinski definition) is 2. The van der Waals surface area contributed by atoms with Crippen molar-refractivity contribution in [3.8, 4) is 0 Å². The fourth-order valence-electron chi connectivity index (χ4n) is 2.66. The monoisotopic (exact) mass is 343 g/mol. The SMILES string of the molecule is Cn1c(CCCC(=O)[O-])nc2cc(N(CCO)CCO)ccc21.[Na+]. The van der Waals surface area contributed by atoms with E-state index in [2.05, 4.69) is 4.98 Å². The normalized spacial score (nSPS) is 10.6. The number of carboxylic acid groups (broad SMARTS) is 1. The van der Waals surface area contributed by atoms with Crippen molar-refractivity contribution in [2.75, 3.05) is 31.2 Å². The largest absolute Gasteiger partial charge is 1.00 e. The summed E-state index contributed by atoms with van der Waals surface area (Å²) < 4.78 is 1.96. The van der Waals surface area contributed by atoms with Crippen molar-refractivity contribution in [1.82, 2.24) is 9.55 Å². The summed E-state index contributed by atoms with van der Waals surface area (Å²) in [4.78, 5) is 17.0. The zero-order valence-corrected chi connectivity index (χ0v) is 16.2. The number of aliphatic hydroxyl groups is 2. The van der Waals surface area contributed by atoms with Gasteiger partial charge in [0, 0.05) is 38.2 Å². The van der Waals surface area contributed by atoms with Crippen LogP contribution in [0.4, 0.5) is 5.69 Å². The van der Waals surface area contributed by atoms with Crippen LogP contribution in [0.15, 0.2) is 18.2 Å². The van der Waals surface area contributed by atoms with E-state index in [1.54, 1.807) is 0 Å². The molecule has 1 aromatic heterocycles. The average molecular weight is 343 g/mol. The van der Waals surface area contributed by atoms with Crippen molar-refractivity contribution in [2.24, 2.45) is 7.05 Å². The number of aryl methyl sites for hydroxylation is 2. The summed E-state index contributed by atoms with van der Waals surface area (Å²) in [6.45, 7) is 0.901. The maximum absolute atomic E-state index is 10.5. The molecule has 0 radical (unpaired) electrons. The Kier molecular flexibility index (Phi) is 8.72. The van der Waals surface area contributed by atoms with Gasteiger partial charge in [-0.3, -0.25) is 0 Å². The van der Waals surface area contributed by atoms with Crippen molar-refractivity contribution in [1.29, 1.82) is 0 Å². The van der Waals surface area contributed by atoms with Gasteiger partial charge in [0.1, 0.15) is 5.82 Å². The molecule has 0 fully saturated rings. The predicted molar refractivity (Wildman–Crippen MR) is 85.0 cm³/mol. The number of imidazole rings is 1. The molecule has 2 rings (SSSR count). The fraction of sp³-hybridized carbons (Fsp3) is 0.500. The van der Waals surface area contributed by atoms with E-state index in [0.29, 0.717) is 25.9 Å². The van der Waals surface area contributed by atoms with Gasteiger partial charge in [-0.2, -0.15) is 0 Å². The Morgan fingerprint density at radius 2 is 1.96 bits per heavy atom. The standard InChI is InChI=1S/C16H23N3O4.Na/c1-18-14-6-5-12(19(7-9-20)8-10-21)11-13(14)17-15(18)3-2-4-16(22)23;/h5-6,11,20-21H,2-4,7-10H2,1H3,(H,22,23);/q;+1/p-1. The summed E-state index contributed by atoms with van der Waals surface area (Å²) in [7, 11) is 1.91. The molecule has 24 heavy (non-hydrogen) atoms. The van der Waals surface area contributed by atoms with Gasteiger partial charge in [-0.05, 0) is 31.0 Å². The second kappa shape index (κ2) is 10.0. The molecular weight excluding hydrogens is 321 g/mol. The number of hydrogen-bond acceptors (Lipinski definition) is 6. The Hall–Kier alpha value is -1.12. The van der Waals surface area contributed by atoms with Crippen LogP contribution in [0.2, 0.25) is 0 Å². The number of carbonyl (C=O) groups excluding carboxylic acids is 1. The fourth-order valence-corrected chi connectivity index (χ4v) is 2.66. The number of aliphatic carboxylic acids is 1. The van der Waals surface area contributed by atoms with E-state index in [1.807, 2.05) is 34.7 Å². The zero-order chi connectivity index (χ0) is 16.8. The van der Waals surface area contributed by atoms with E-state index in [1.165, 1.54) is 0 Å². The number of anilines is 1. The number of carboxylic acids is 1. The Morgan fingerprint density at radius 1 is 1.29 bits per heavy atom. The minimum absolute atomic E-state index is 0. The Morgan fingerprint density at radius 3 is 2.54 bits per heavy atom. The minimum Gasteiger partial charge on any atom is -0.550 e. The van der Waals surface area contributed by atoms with E-state index in [-0.39, 0.29) is 49.2 Å². The molecule has 0 saturated carbocycles. The molecule has 0 unspecified atom stereocenters. The molecule has 0 aliphatic carbocycles. The number of aromatic nitrogens is 2. The molecular formula is C16H22N3NaO4. The summed E-state index contributed by atoms with van der Waals surface area (Å²) >= 11 is 0. The molecule has 0 aliphatic heterocycles. The van der Waals surface area contributed by atoms with Crippen LogP contribution >= 0.6 is 0 Å². The maximum Gasteiger partial charge on any atom is 1.00 e.